The molecule has 0 aromatic heterocycles. The minimum atomic E-state index is -0.182. The Labute approximate surface area is 192 Å². The number of hydrogen-bond donors (Lipinski definition) is 3. The van der Waals surface area contributed by atoms with Crippen LogP contribution < -0.4 is 20.7 Å². The van der Waals surface area contributed by atoms with Gasteiger partial charge < -0.3 is 20.7 Å². The topological polar surface area (TPSA) is 96.5 Å². The van der Waals surface area contributed by atoms with E-state index in [-0.39, 0.29) is 24.3 Å². The maximum atomic E-state index is 12.0. The number of rotatable bonds is 12. The van der Waals surface area contributed by atoms with Crippen LogP contribution in [0.1, 0.15) is 41.6 Å². The average molecular weight is 458 g/mol. The molecule has 8 heteroatoms. The van der Waals surface area contributed by atoms with E-state index in [0.29, 0.717) is 54.7 Å². The van der Waals surface area contributed by atoms with Crippen LogP contribution in [-0.2, 0) is 16.0 Å². The van der Waals surface area contributed by atoms with E-state index in [1.807, 2.05) is 24.3 Å². The molecule has 3 N–H and O–H groups in total. The Bertz CT molecular complexity index is 912. The molecule has 3 rings (SSSR count). The lowest BCUT2D eigenvalue weighted by Gasteiger charge is -2.09. The lowest BCUT2D eigenvalue weighted by molar-refractivity contribution is -0.123. The van der Waals surface area contributed by atoms with Crippen molar-refractivity contribution in [3.8, 4) is 5.75 Å². The maximum Gasteiger partial charge on any atom is 0.258 e. The zero-order chi connectivity index (χ0) is 22.8. The summed E-state index contributed by atoms with van der Waals surface area (Å²) in [5.74, 6) is 0.318. The molecule has 1 aliphatic carbocycles. The number of hydrogen-bond acceptors (Lipinski definition) is 4. The van der Waals surface area contributed by atoms with Crippen molar-refractivity contribution in [3.63, 3.8) is 0 Å². The number of halogens is 1. The monoisotopic (exact) mass is 457 g/mol. The van der Waals surface area contributed by atoms with Crippen molar-refractivity contribution in [2.75, 3.05) is 19.7 Å². The van der Waals surface area contributed by atoms with E-state index >= 15 is 0 Å². The van der Waals surface area contributed by atoms with Gasteiger partial charge in [-0.2, -0.15) is 0 Å². The highest BCUT2D eigenvalue weighted by atomic mass is 35.5. The molecule has 0 unspecified atom stereocenters. The number of benzene rings is 2. The van der Waals surface area contributed by atoms with Crippen molar-refractivity contribution in [1.29, 1.82) is 0 Å². The Morgan fingerprint density at radius 3 is 2.31 bits per heavy atom. The van der Waals surface area contributed by atoms with E-state index in [0.717, 1.165) is 18.4 Å². The van der Waals surface area contributed by atoms with E-state index in [4.69, 9.17) is 16.3 Å². The largest absolute Gasteiger partial charge is 0.484 e. The fraction of sp³-hybridized carbons (Fsp3) is 0.375. The van der Waals surface area contributed by atoms with Crippen molar-refractivity contribution in [1.82, 2.24) is 16.0 Å². The van der Waals surface area contributed by atoms with Gasteiger partial charge in [-0.15, -0.1) is 0 Å². The predicted octanol–water partition coefficient (Wildman–Crippen LogP) is 2.87. The van der Waals surface area contributed by atoms with Crippen LogP contribution in [0.25, 0.3) is 0 Å². The van der Waals surface area contributed by atoms with Gasteiger partial charge in [-0.3, -0.25) is 14.4 Å². The van der Waals surface area contributed by atoms with Gasteiger partial charge in [0.25, 0.3) is 11.8 Å². The Morgan fingerprint density at radius 1 is 0.906 bits per heavy atom. The highest BCUT2D eigenvalue weighted by Crippen LogP contribution is 2.18. The highest BCUT2D eigenvalue weighted by Gasteiger charge is 2.23. The molecule has 0 saturated heterocycles. The minimum absolute atomic E-state index is 0.0199. The van der Waals surface area contributed by atoms with Gasteiger partial charge in [0.15, 0.2) is 6.61 Å². The van der Waals surface area contributed by atoms with Crippen LogP contribution >= 0.6 is 11.6 Å². The molecule has 1 fully saturated rings. The molecule has 7 nitrogen and oxygen atoms in total. The predicted molar refractivity (Wildman–Crippen MR) is 123 cm³/mol. The summed E-state index contributed by atoms with van der Waals surface area (Å²) in [7, 11) is 0. The third-order valence-electron chi connectivity index (χ3n) is 4.94. The van der Waals surface area contributed by atoms with Crippen LogP contribution in [0.3, 0.4) is 0 Å². The van der Waals surface area contributed by atoms with Crippen LogP contribution in [0.4, 0.5) is 0 Å². The molecule has 2 aromatic rings. The van der Waals surface area contributed by atoms with Gasteiger partial charge in [0, 0.05) is 36.1 Å². The van der Waals surface area contributed by atoms with Crippen molar-refractivity contribution < 1.29 is 19.1 Å². The molecule has 0 atom stereocenters. The third-order valence-corrected chi connectivity index (χ3v) is 5.20. The Hall–Kier alpha value is -3.06. The van der Waals surface area contributed by atoms with Crippen LogP contribution in [0.5, 0.6) is 5.75 Å². The molecule has 0 heterocycles. The second kappa shape index (κ2) is 12.1. The molecule has 2 aromatic carbocycles. The van der Waals surface area contributed by atoms with E-state index in [1.165, 1.54) is 0 Å². The molecular formula is C24H28ClN3O4. The van der Waals surface area contributed by atoms with Crippen LogP contribution in [0.2, 0.25) is 5.02 Å². The standard InChI is InChI=1S/C24H28ClN3O4/c25-19-7-5-18(6-8-19)24(31)27-14-1-2-22(29)26-15-13-17-3-11-21(12-4-17)32-16-23(30)28-20-9-10-20/h3-8,11-12,20H,1-2,9-10,13-16H2,(H,26,29)(H,27,31)(H,28,30). The lowest BCUT2D eigenvalue weighted by Crippen LogP contribution is -2.30. The summed E-state index contributed by atoms with van der Waals surface area (Å²) in [4.78, 5) is 35.6. The second-order valence-corrected chi connectivity index (χ2v) is 8.18. The fourth-order valence-electron chi connectivity index (χ4n) is 2.99. The number of nitrogens with one attached hydrogen (secondary N) is 3. The summed E-state index contributed by atoms with van der Waals surface area (Å²) in [6.07, 6.45) is 3.71. The minimum Gasteiger partial charge on any atom is -0.484 e. The first-order valence-electron chi connectivity index (χ1n) is 10.8. The van der Waals surface area contributed by atoms with Crippen LogP contribution in [-0.4, -0.2) is 43.5 Å². The summed E-state index contributed by atoms with van der Waals surface area (Å²) >= 11 is 5.81. The van der Waals surface area contributed by atoms with Gasteiger partial charge >= 0.3 is 0 Å². The van der Waals surface area contributed by atoms with Crippen molar-refractivity contribution in [3.05, 3.63) is 64.7 Å². The average Bonchev–Trinajstić information content (AvgIpc) is 3.60. The Morgan fingerprint density at radius 2 is 1.62 bits per heavy atom. The van der Waals surface area contributed by atoms with E-state index in [2.05, 4.69) is 16.0 Å². The number of carbonyl (C=O) groups excluding carboxylic acids is 3. The summed E-state index contributed by atoms with van der Waals surface area (Å²) < 4.78 is 5.48. The molecule has 32 heavy (non-hydrogen) atoms. The Kier molecular flexibility index (Phi) is 8.92. The summed E-state index contributed by atoms with van der Waals surface area (Å²) in [5, 5.41) is 9.13. The second-order valence-electron chi connectivity index (χ2n) is 7.74. The van der Waals surface area contributed by atoms with Gasteiger partial charge in [-0.1, -0.05) is 23.7 Å². The first-order valence-corrected chi connectivity index (χ1v) is 11.2. The van der Waals surface area contributed by atoms with Gasteiger partial charge in [0.05, 0.1) is 0 Å². The quantitative estimate of drug-likeness (QED) is 0.427. The highest BCUT2D eigenvalue weighted by molar-refractivity contribution is 6.30. The first-order chi connectivity index (χ1) is 15.5. The van der Waals surface area contributed by atoms with Crippen LogP contribution in [0, 0.1) is 0 Å². The Balaban J connectivity index is 1.24. The SMILES string of the molecule is O=C(CCCNC(=O)c1ccc(Cl)cc1)NCCc1ccc(OCC(=O)NC2CC2)cc1. The molecule has 1 aliphatic rings. The summed E-state index contributed by atoms with van der Waals surface area (Å²) in [6.45, 7) is 0.973. The van der Waals surface area contributed by atoms with Crippen molar-refractivity contribution in [2.24, 2.45) is 0 Å². The molecule has 0 aliphatic heterocycles. The molecular weight excluding hydrogens is 430 g/mol. The lowest BCUT2D eigenvalue weighted by atomic mass is 10.1. The van der Waals surface area contributed by atoms with Gasteiger partial charge in [0.1, 0.15) is 5.75 Å². The molecule has 0 radical (unpaired) electrons. The first kappa shape index (κ1) is 23.6. The summed E-state index contributed by atoms with van der Waals surface area (Å²) in [5.41, 5.74) is 1.60. The van der Waals surface area contributed by atoms with Crippen LogP contribution in [0.15, 0.2) is 48.5 Å². The van der Waals surface area contributed by atoms with Crippen molar-refractivity contribution >= 4 is 29.3 Å². The van der Waals surface area contributed by atoms with Gasteiger partial charge in [-0.25, -0.2) is 0 Å². The maximum absolute atomic E-state index is 12.0. The molecule has 0 spiro atoms. The van der Waals surface area contributed by atoms with Crippen molar-refractivity contribution in [2.45, 2.75) is 38.1 Å². The van der Waals surface area contributed by atoms with E-state index in [1.54, 1.807) is 24.3 Å². The molecule has 170 valence electrons. The molecule has 0 bridgehead atoms. The van der Waals surface area contributed by atoms with E-state index < -0.39 is 0 Å². The number of amides is 3. The van der Waals surface area contributed by atoms with Gasteiger partial charge in [-0.05, 0) is 67.6 Å². The number of ether oxygens (including phenoxy) is 1. The van der Waals surface area contributed by atoms with Gasteiger partial charge in [0.2, 0.25) is 5.91 Å². The number of carbonyl (C=O) groups is 3. The zero-order valence-corrected chi connectivity index (χ0v) is 18.6. The third kappa shape index (κ3) is 8.59. The molecule has 3 amide bonds. The zero-order valence-electron chi connectivity index (χ0n) is 17.9. The normalized spacial score (nSPS) is 12.7. The fourth-order valence-corrected chi connectivity index (χ4v) is 3.11. The summed E-state index contributed by atoms with van der Waals surface area (Å²) in [6, 6.07) is 14.5. The smallest absolute Gasteiger partial charge is 0.258 e. The molecule has 1 saturated carbocycles. The van der Waals surface area contributed by atoms with E-state index in [9.17, 15) is 14.4 Å².